The van der Waals surface area contributed by atoms with Crippen molar-refractivity contribution in [1.29, 1.82) is 0 Å². The summed E-state index contributed by atoms with van der Waals surface area (Å²) in [5.41, 5.74) is 3.36. The van der Waals surface area contributed by atoms with Crippen molar-refractivity contribution in [3.63, 3.8) is 0 Å². The lowest BCUT2D eigenvalue weighted by Crippen LogP contribution is -2.47. The van der Waals surface area contributed by atoms with Crippen LogP contribution in [0.3, 0.4) is 0 Å². The Morgan fingerprint density at radius 3 is 2.34 bits per heavy atom. The minimum absolute atomic E-state index is 0.0382. The van der Waals surface area contributed by atoms with Crippen molar-refractivity contribution in [1.82, 2.24) is 9.88 Å². The molecule has 2 aromatic carbocycles. The van der Waals surface area contributed by atoms with Gasteiger partial charge in [-0.25, -0.2) is 0 Å². The summed E-state index contributed by atoms with van der Waals surface area (Å²) in [5, 5.41) is 13.8. The normalized spacial score (nSPS) is 14.2. The van der Waals surface area contributed by atoms with E-state index in [-0.39, 0.29) is 11.6 Å². The minimum Gasteiger partial charge on any atom is -0.367 e. The van der Waals surface area contributed by atoms with Gasteiger partial charge in [-0.1, -0.05) is 12.1 Å². The Morgan fingerprint density at radius 2 is 1.66 bits per heavy atom. The highest BCUT2D eigenvalue weighted by atomic mass is 16.6. The highest BCUT2D eigenvalue weighted by Crippen LogP contribution is 2.27. The Balaban J connectivity index is 1.36. The Morgan fingerprint density at radius 1 is 0.969 bits per heavy atom. The maximum atomic E-state index is 12.7. The first-order chi connectivity index (χ1) is 15.6. The molecule has 8 nitrogen and oxygen atoms in total. The number of amides is 1. The molecule has 0 atom stereocenters. The lowest BCUT2D eigenvalue weighted by Gasteiger charge is -2.37. The van der Waals surface area contributed by atoms with Crippen LogP contribution in [0.5, 0.6) is 0 Å². The van der Waals surface area contributed by atoms with Crippen LogP contribution in [-0.4, -0.2) is 53.4 Å². The molecular formula is C24H25N5O3. The van der Waals surface area contributed by atoms with Crippen molar-refractivity contribution in [3.05, 3.63) is 94.3 Å². The van der Waals surface area contributed by atoms with Crippen LogP contribution in [0.15, 0.2) is 73.1 Å². The number of nitrogens with zero attached hydrogens (tertiary/aromatic N) is 4. The first-order valence-electron chi connectivity index (χ1n) is 10.6. The molecular weight excluding hydrogens is 406 g/mol. The van der Waals surface area contributed by atoms with E-state index >= 15 is 0 Å². The molecule has 1 aliphatic heterocycles. The van der Waals surface area contributed by atoms with E-state index in [1.54, 1.807) is 0 Å². The van der Waals surface area contributed by atoms with E-state index in [0.29, 0.717) is 5.56 Å². The molecule has 0 unspecified atom stereocenters. The summed E-state index contributed by atoms with van der Waals surface area (Å²) in [6, 6.07) is 17.5. The van der Waals surface area contributed by atoms with Crippen LogP contribution in [0.1, 0.15) is 15.9 Å². The maximum absolute atomic E-state index is 12.7. The predicted molar refractivity (Wildman–Crippen MR) is 124 cm³/mol. The number of nitrogens with one attached hydrogen (secondary N) is 1. The first-order valence-corrected chi connectivity index (χ1v) is 10.6. The van der Waals surface area contributed by atoms with Gasteiger partial charge in [0.25, 0.3) is 11.6 Å². The van der Waals surface area contributed by atoms with Gasteiger partial charge in [-0.2, -0.15) is 0 Å². The Hall–Kier alpha value is -3.78. The summed E-state index contributed by atoms with van der Waals surface area (Å²) < 4.78 is 0. The lowest BCUT2D eigenvalue weighted by atomic mass is 10.1. The molecule has 0 bridgehead atoms. The number of nitro groups is 1. The molecule has 1 N–H and O–H groups in total. The number of non-ortho nitro benzene ring substituents is 1. The van der Waals surface area contributed by atoms with Crippen molar-refractivity contribution in [2.45, 2.75) is 6.42 Å². The number of hydrogen-bond acceptors (Lipinski definition) is 6. The second-order valence-electron chi connectivity index (χ2n) is 7.71. The predicted octanol–water partition coefficient (Wildman–Crippen LogP) is 3.61. The van der Waals surface area contributed by atoms with E-state index in [1.165, 1.54) is 29.8 Å². The SMILES string of the molecule is O=C(Nc1ccccc1N1CCN(CCc2ccncc2)CC1)c1ccc([N+](=O)[O-])cc1. The van der Waals surface area contributed by atoms with Crippen LogP contribution < -0.4 is 10.2 Å². The van der Waals surface area contributed by atoms with Gasteiger partial charge in [0, 0.05) is 62.8 Å². The van der Waals surface area contributed by atoms with Gasteiger partial charge in [0.1, 0.15) is 0 Å². The molecule has 4 rings (SSSR count). The highest BCUT2D eigenvalue weighted by Gasteiger charge is 2.20. The summed E-state index contributed by atoms with van der Waals surface area (Å²) in [6.45, 7) is 4.67. The summed E-state index contributed by atoms with van der Waals surface area (Å²) in [5.74, 6) is -0.289. The molecule has 32 heavy (non-hydrogen) atoms. The zero-order valence-corrected chi connectivity index (χ0v) is 17.7. The summed E-state index contributed by atoms with van der Waals surface area (Å²) in [4.78, 5) is 31.8. The number of piperazine rings is 1. The average Bonchev–Trinajstić information content (AvgIpc) is 2.84. The van der Waals surface area contributed by atoms with E-state index in [4.69, 9.17) is 0 Å². The van der Waals surface area contributed by atoms with Gasteiger partial charge in [-0.15, -0.1) is 0 Å². The molecule has 3 aromatic rings. The fourth-order valence-electron chi connectivity index (χ4n) is 3.83. The van der Waals surface area contributed by atoms with Crippen LogP contribution in [0, 0.1) is 10.1 Å². The van der Waals surface area contributed by atoms with Gasteiger partial charge in [-0.05, 0) is 48.4 Å². The number of carbonyl (C=O) groups excluding carboxylic acids is 1. The summed E-state index contributed by atoms with van der Waals surface area (Å²) in [6.07, 6.45) is 4.66. The second kappa shape index (κ2) is 10.0. The molecule has 0 aliphatic carbocycles. The molecule has 2 heterocycles. The molecule has 1 aromatic heterocycles. The highest BCUT2D eigenvalue weighted by molar-refractivity contribution is 6.06. The van der Waals surface area contributed by atoms with Crippen molar-refractivity contribution in [2.75, 3.05) is 42.9 Å². The molecule has 8 heteroatoms. The second-order valence-corrected chi connectivity index (χ2v) is 7.71. The number of rotatable bonds is 7. The molecule has 0 radical (unpaired) electrons. The van der Waals surface area contributed by atoms with E-state index in [0.717, 1.165) is 50.5 Å². The molecule has 1 amide bonds. The summed E-state index contributed by atoms with van der Waals surface area (Å²) >= 11 is 0. The topological polar surface area (TPSA) is 91.6 Å². The number of anilines is 2. The fourth-order valence-corrected chi connectivity index (χ4v) is 3.83. The molecule has 0 saturated carbocycles. The minimum atomic E-state index is -0.478. The number of hydrogen-bond donors (Lipinski definition) is 1. The van der Waals surface area contributed by atoms with E-state index in [1.807, 2.05) is 36.7 Å². The van der Waals surface area contributed by atoms with Crippen molar-refractivity contribution >= 4 is 23.0 Å². The molecule has 1 aliphatic rings. The number of nitro benzene ring substituents is 1. The zero-order chi connectivity index (χ0) is 22.3. The molecule has 1 fully saturated rings. The van der Waals surface area contributed by atoms with Crippen molar-refractivity contribution in [3.8, 4) is 0 Å². The maximum Gasteiger partial charge on any atom is 0.269 e. The standard InChI is InChI=1S/C24H25N5O3/c30-24(20-5-7-21(8-6-20)29(31)32)26-22-3-1-2-4-23(22)28-17-15-27(16-18-28)14-11-19-9-12-25-13-10-19/h1-10,12-13H,11,14-18H2,(H,26,30). The first kappa shape index (κ1) is 21.5. The van der Waals surface area contributed by atoms with Gasteiger partial charge in [0.15, 0.2) is 0 Å². The zero-order valence-electron chi connectivity index (χ0n) is 17.7. The third-order valence-electron chi connectivity index (χ3n) is 5.67. The summed E-state index contributed by atoms with van der Waals surface area (Å²) in [7, 11) is 0. The van der Waals surface area contributed by atoms with Crippen LogP contribution in [0.2, 0.25) is 0 Å². The number of pyridine rings is 1. The monoisotopic (exact) mass is 431 g/mol. The third-order valence-corrected chi connectivity index (χ3v) is 5.67. The lowest BCUT2D eigenvalue weighted by molar-refractivity contribution is -0.384. The van der Waals surface area contributed by atoms with Gasteiger partial charge in [0.2, 0.25) is 0 Å². The van der Waals surface area contributed by atoms with E-state index in [2.05, 4.69) is 32.2 Å². The molecule has 1 saturated heterocycles. The number of aromatic nitrogens is 1. The molecule has 0 spiro atoms. The van der Waals surface area contributed by atoms with E-state index < -0.39 is 4.92 Å². The Bertz CT molecular complexity index is 1060. The van der Waals surface area contributed by atoms with Crippen LogP contribution in [-0.2, 0) is 6.42 Å². The van der Waals surface area contributed by atoms with Crippen LogP contribution in [0.25, 0.3) is 0 Å². The quantitative estimate of drug-likeness (QED) is 0.454. The van der Waals surface area contributed by atoms with Crippen LogP contribution in [0.4, 0.5) is 17.1 Å². The van der Waals surface area contributed by atoms with Crippen LogP contribution >= 0.6 is 0 Å². The van der Waals surface area contributed by atoms with Gasteiger partial charge in [0.05, 0.1) is 16.3 Å². The largest absolute Gasteiger partial charge is 0.367 e. The van der Waals surface area contributed by atoms with Gasteiger partial charge >= 0.3 is 0 Å². The van der Waals surface area contributed by atoms with E-state index in [9.17, 15) is 14.9 Å². The fraction of sp³-hybridized carbons (Fsp3) is 0.250. The number of para-hydroxylation sites is 2. The number of benzene rings is 2. The Kier molecular flexibility index (Phi) is 6.72. The molecule has 164 valence electrons. The third kappa shape index (κ3) is 5.28. The number of carbonyl (C=O) groups is 1. The van der Waals surface area contributed by atoms with Crippen molar-refractivity contribution < 1.29 is 9.72 Å². The van der Waals surface area contributed by atoms with Gasteiger partial charge in [-0.3, -0.25) is 24.8 Å². The van der Waals surface area contributed by atoms with Crippen molar-refractivity contribution in [2.24, 2.45) is 0 Å². The average molecular weight is 431 g/mol. The smallest absolute Gasteiger partial charge is 0.269 e. The Labute approximate surface area is 186 Å². The van der Waals surface area contributed by atoms with Gasteiger partial charge < -0.3 is 10.2 Å².